The number of aromatic nitrogens is 2. The van der Waals surface area contributed by atoms with Crippen LogP contribution < -0.4 is 0 Å². The number of nitrogens with zero attached hydrogens (tertiary/aromatic N) is 3. The predicted molar refractivity (Wildman–Crippen MR) is 112 cm³/mol. The van der Waals surface area contributed by atoms with Gasteiger partial charge in [0.2, 0.25) is 0 Å². The summed E-state index contributed by atoms with van der Waals surface area (Å²) in [6, 6.07) is 10.7. The molecule has 0 spiro atoms. The molecule has 0 unspecified atom stereocenters. The second kappa shape index (κ2) is 7.47. The number of benzene rings is 2. The van der Waals surface area contributed by atoms with Crippen LogP contribution in [0.25, 0.3) is 11.0 Å². The van der Waals surface area contributed by atoms with Crippen LogP contribution in [-0.2, 0) is 0 Å². The summed E-state index contributed by atoms with van der Waals surface area (Å²) in [4.78, 5) is 36.3. The molecule has 2 aromatic carbocycles. The maximum absolute atomic E-state index is 12.8. The molecule has 0 aliphatic carbocycles. The lowest BCUT2D eigenvalue weighted by atomic mass is 10.1. The van der Waals surface area contributed by atoms with Crippen molar-refractivity contribution in [2.75, 3.05) is 26.2 Å². The molecule has 27 heavy (non-hydrogen) atoms. The number of carbonyl (C=O) groups is 2. The topological polar surface area (TPSA) is 69.3 Å². The van der Waals surface area contributed by atoms with Gasteiger partial charge in [0.15, 0.2) is 0 Å². The maximum Gasteiger partial charge on any atom is 0.255 e. The first-order valence-electron chi connectivity index (χ1n) is 8.49. The van der Waals surface area contributed by atoms with Crippen LogP contribution in [0.5, 0.6) is 0 Å². The predicted octanol–water partition coefficient (Wildman–Crippen LogP) is 3.42. The standard InChI is InChI=1S/C19H16ClIN4O2/c20-13-2-3-15(21)14(10-13)19(27)25-7-5-24(6-8-25)18(26)12-1-4-16-17(9-12)23-11-22-16/h1-4,9-11H,5-8H2,(H,22,23). The third kappa shape index (κ3) is 3.66. The van der Waals surface area contributed by atoms with E-state index >= 15 is 0 Å². The molecule has 0 atom stereocenters. The highest BCUT2D eigenvalue weighted by Crippen LogP contribution is 2.21. The Balaban J connectivity index is 1.44. The average molecular weight is 495 g/mol. The maximum atomic E-state index is 12.8. The monoisotopic (exact) mass is 494 g/mol. The van der Waals surface area contributed by atoms with Crippen LogP contribution >= 0.6 is 34.2 Å². The Labute approximate surface area is 174 Å². The van der Waals surface area contributed by atoms with Crippen molar-refractivity contribution in [1.29, 1.82) is 0 Å². The largest absolute Gasteiger partial charge is 0.345 e. The van der Waals surface area contributed by atoms with Crippen molar-refractivity contribution in [3.8, 4) is 0 Å². The number of H-pyrrole nitrogens is 1. The SMILES string of the molecule is O=C(c1ccc2nc[nH]c2c1)N1CCN(C(=O)c2cc(Cl)ccc2I)CC1. The van der Waals surface area contributed by atoms with Gasteiger partial charge in [-0.3, -0.25) is 9.59 Å². The van der Waals surface area contributed by atoms with Crippen molar-refractivity contribution >= 4 is 57.0 Å². The number of hydrogen-bond acceptors (Lipinski definition) is 3. The Bertz CT molecular complexity index is 1030. The van der Waals surface area contributed by atoms with Crippen LogP contribution in [0.4, 0.5) is 0 Å². The van der Waals surface area contributed by atoms with Gasteiger partial charge in [0, 0.05) is 40.3 Å². The number of halogens is 2. The highest BCUT2D eigenvalue weighted by molar-refractivity contribution is 14.1. The number of nitrogens with one attached hydrogen (secondary N) is 1. The van der Waals surface area contributed by atoms with Crippen molar-refractivity contribution < 1.29 is 9.59 Å². The van der Waals surface area contributed by atoms with Gasteiger partial charge >= 0.3 is 0 Å². The minimum Gasteiger partial charge on any atom is -0.345 e. The number of aromatic amines is 1. The number of fused-ring (bicyclic) bond motifs is 1. The fourth-order valence-electron chi connectivity index (χ4n) is 3.20. The molecule has 3 aromatic rings. The molecule has 0 radical (unpaired) electrons. The second-order valence-electron chi connectivity index (χ2n) is 6.34. The Morgan fingerprint density at radius 2 is 1.70 bits per heavy atom. The van der Waals surface area contributed by atoms with E-state index < -0.39 is 0 Å². The van der Waals surface area contributed by atoms with E-state index in [1.165, 1.54) is 0 Å². The molecule has 138 valence electrons. The van der Waals surface area contributed by atoms with Gasteiger partial charge in [0.1, 0.15) is 0 Å². The normalized spacial score (nSPS) is 14.6. The molecular weight excluding hydrogens is 479 g/mol. The molecule has 1 aromatic heterocycles. The van der Waals surface area contributed by atoms with Crippen LogP contribution in [0.1, 0.15) is 20.7 Å². The van der Waals surface area contributed by atoms with E-state index in [9.17, 15) is 9.59 Å². The summed E-state index contributed by atoms with van der Waals surface area (Å²) < 4.78 is 0.869. The zero-order chi connectivity index (χ0) is 19.0. The van der Waals surface area contributed by atoms with Crippen molar-refractivity contribution in [2.45, 2.75) is 0 Å². The summed E-state index contributed by atoms with van der Waals surface area (Å²) >= 11 is 8.17. The van der Waals surface area contributed by atoms with Crippen molar-refractivity contribution in [3.05, 3.63) is 62.4 Å². The molecule has 2 amide bonds. The number of amides is 2. The molecule has 2 heterocycles. The van der Waals surface area contributed by atoms with E-state index in [0.29, 0.717) is 42.3 Å². The quantitative estimate of drug-likeness (QED) is 0.555. The van der Waals surface area contributed by atoms with Gasteiger partial charge in [-0.05, 0) is 59.0 Å². The van der Waals surface area contributed by atoms with E-state index in [2.05, 4.69) is 32.6 Å². The molecular formula is C19H16ClIN4O2. The summed E-state index contributed by atoms with van der Waals surface area (Å²) in [5.74, 6) is -0.0798. The Morgan fingerprint density at radius 1 is 1.00 bits per heavy atom. The molecule has 1 saturated heterocycles. The third-order valence-corrected chi connectivity index (χ3v) is 5.86. The van der Waals surface area contributed by atoms with Gasteiger partial charge < -0.3 is 14.8 Å². The van der Waals surface area contributed by atoms with Gasteiger partial charge in [-0.2, -0.15) is 0 Å². The second-order valence-corrected chi connectivity index (χ2v) is 7.94. The van der Waals surface area contributed by atoms with Crippen molar-refractivity contribution in [3.63, 3.8) is 0 Å². The van der Waals surface area contributed by atoms with E-state index in [0.717, 1.165) is 14.6 Å². The average Bonchev–Trinajstić information content (AvgIpc) is 3.16. The molecule has 1 aliphatic rings. The summed E-state index contributed by atoms with van der Waals surface area (Å²) in [6.45, 7) is 2.00. The van der Waals surface area contributed by atoms with E-state index in [1.54, 1.807) is 34.3 Å². The Kier molecular flexibility index (Phi) is 5.05. The highest BCUT2D eigenvalue weighted by atomic mass is 127. The van der Waals surface area contributed by atoms with Crippen LogP contribution in [-0.4, -0.2) is 57.8 Å². The van der Waals surface area contributed by atoms with Gasteiger partial charge in [0.05, 0.1) is 22.9 Å². The molecule has 8 heteroatoms. The number of hydrogen-bond donors (Lipinski definition) is 1. The van der Waals surface area contributed by atoms with Gasteiger partial charge in [0.25, 0.3) is 11.8 Å². The molecule has 1 fully saturated rings. The molecule has 6 nitrogen and oxygen atoms in total. The lowest BCUT2D eigenvalue weighted by Crippen LogP contribution is -2.50. The van der Waals surface area contributed by atoms with Crippen LogP contribution in [0.2, 0.25) is 5.02 Å². The van der Waals surface area contributed by atoms with E-state index in [4.69, 9.17) is 11.6 Å². The number of carbonyl (C=O) groups excluding carboxylic acids is 2. The van der Waals surface area contributed by atoms with Gasteiger partial charge in [-0.15, -0.1) is 0 Å². The lowest BCUT2D eigenvalue weighted by Gasteiger charge is -2.35. The van der Waals surface area contributed by atoms with E-state index in [1.807, 2.05) is 18.2 Å². The molecule has 0 saturated carbocycles. The summed E-state index contributed by atoms with van der Waals surface area (Å²) in [7, 11) is 0. The summed E-state index contributed by atoms with van der Waals surface area (Å²) in [5, 5.41) is 0.543. The van der Waals surface area contributed by atoms with Gasteiger partial charge in [-0.25, -0.2) is 4.98 Å². The number of rotatable bonds is 2. The molecule has 1 N–H and O–H groups in total. The molecule has 4 rings (SSSR count). The number of imidazole rings is 1. The van der Waals surface area contributed by atoms with Crippen molar-refractivity contribution in [1.82, 2.24) is 19.8 Å². The van der Waals surface area contributed by atoms with Crippen LogP contribution in [0, 0.1) is 3.57 Å². The minimum atomic E-state index is -0.0483. The number of piperazine rings is 1. The summed E-state index contributed by atoms with van der Waals surface area (Å²) in [6.07, 6.45) is 1.61. The highest BCUT2D eigenvalue weighted by Gasteiger charge is 2.26. The third-order valence-electron chi connectivity index (χ3n) is 4.68. The van der Waals surface area contributed by atoms with Gasteiger partial charge in [-0.1, -0.05) is 11.6 Å². The smallest absolute Gasteiger partial charge is 0.255 e. The zero-order valence-electron chi connectivity index (χ0n) is 14.3. The van der Waals surface area contributed by atoms with Crippen LogP contribution in [0.3, 0.4) is 0 Å². The zero-order valence-corrected chi connectivity index (χ0v) is 17.2. The summed E-state index contributed by atoms with van der Waals surface area (Å²) in [5.41, 5.74) is 2.90. The lowest BCUT2D eigenvalue weighted by molar-refractivity contribution is 0.0535. The fraction of sp³-hybridized carbons (Fsp3) is 0.211. The first-order chi connectivity index (χ1) is 13.0. The Morgan fingerprint density at radius 3 is 2.44 bits per heavy atom. The van der Waals surface area contributed by atoms with Crippen LogP contribution in [0.15, 0.2) is 42.7 Å². The first-order valence-corrected chi connectivity index (χ1v) is 9.95. The van der Waals surface area contributed by atoms with Crippen molar-refractivity contribution in [2.24, 2.45) is 0 Å². The minimum absolute atomic E-state index is 0.0315. The Hall–Kier alpha value is -2.13. The fourth-order valence-corrected chi connectivity index (χ4v) is 3.93. The molecule has 0 bridgehead atoms. The first kappa shape index (κ1) is 18.2. The van der Waals surface area contributed by atoms with E-state index in [-0.39, 0.29) is 11.8 Å². The molecule has 1 aliphatic heterocycles.